The van der Waals surface area contributed by atoms with Crippen LogP contribution in [0.2, 0.25) is 0 Å². The summed E-state index contributed by atoms with van der Waals surface area (Å²) >= 11 is 0. The smallest absolute Gasteiger partial charge is 0.320 e. The van der Waals surface area contributed by atoms with Crippen molar-refractivity contribution in [2.75, 3.05) is 0 Å². The monoisotopic (exact) mass is 283 g/mol. The Morgan fingerprint density at radius 1 is 1.30 bits per heavy atom. The molecule has 0 spiro atoms. The van der Waals surface area contributed by atoms with Crippen molar-refractivity contribution in [2.45, 2.75) is 45.9 Å². The first-order valence-corrected chi connectivity index (χ1v) is 6.67. The molecule has 0 heterocycles. The van der Waals surface area contributed by atoms with E-state index in [1.165, 1.54) is 12.1 Å². The third kappa shape index (κ3) is 4.02. The van der Waals surface area contributed by atoms with E-state index in [1.54, 1.807) is 33.8 Å². The second-order valence-electron chi connectivity index (χ2n) is 5.47. The van der Waals surface area contributed by atoms with Gasteiger partial charge in [0.15, 0.2) is 0 Å². The number of aliphatic hydroxyl groups is 1. The largest absolute Gasteiger partial charge is 0.480 e. The fraction of sp³-hybridized carbons (Fsp3) is 0.533. The highest BCUT2D eigenvalue weighted by Gasteiger charge is 2.26. The average molecular weight is 283 g/mol. The lowest BCUT2D eigenvalue weighted by Gasteiger charge is -2.26. The fourth-order valence-electron chi connectivity index (χ4n) is 2.06. The van der Waals surface area contributed by atoms with E-state index in [2.05, 4.69) is 5.32 Å². The zero-order valence-corrected chi connectivity index (χ0v) is 12.2. The number of nitrogens with one attached hydrogen (secondary N) is 1. The molecule has 3 N–H and O–H groups in total. The molecule has 0 saturated carbocycles. The van der Waals surface area contributed by atoms with Crippen molar-refractivity contribution < 1.29 is 19.4 Å². The molecule has 20 heavy (non-hydrogen) atoms. The van der Waals surface area contributed by atoms with Crippen LogP contribution in [0, 0.1) is 18.7 Å². The first kappa shape index (κ1) is 16.6. The van der Waals surface area contributed by atoms with E-state index >= 15 is 0 Å². The van der Waals surface area contributed by atoms with E-state index in [1.807, 2.05) is 0 Å². The van der Waals surface area contributed by atoms with Gasteiger partial charge in [-0.15, -0.1) is 0 Å². The molecule has 0 saturated heterocycles. The topological polar surface area (TPSA) is 69.6 Å². The van der Waals surface area contributed by atoms with Crippen LogP contribution in [0.3, 0.4) is 0 Å². The summed E-state index contributed by atoms with van der Waals surface area (Å²) in [6, 6.07) is 3.20. The first-order valence-electron chi connectivity index (χ1n) is 6.67. The van der Waals surface area contributed by atoms with Crippen LogP contribution in [-0.2, 0) is 4.79 Å². The average Bonchev–Trinajstić information content (AvgIpc) is 2.37. The van der Waals surface area contributed by atoms with Gasteiger partial charge in [-0.2, -0.15) is 0 Å². The number of carboxylic acids is 1. The molecule has 0 radical (unpaired) electrons. The number of hydrogen-bond donors (Lipinski definition) is 3. The Morgan fingerprint density at radius 2 is 1.90 bits per heavy atom. The quantitative estimate of drug-likeness (QED) is 0.749. The van der Waals surface area contributed by atoms with Crippen LogP contribution >= 0.6 is 0 Å². The van der Waals surface area contributed by atoms with Crippen LogP contribution in [0.4, 0.5) is 4.39 Å². The van der Waals surface area contributed by atoms with E-state index in [-0.39, 0.29) is 11.7 Å². The van der Waals surface area contributed by atoms with Crippen molar-refractivity contribution >= 4 is 5.97 Å². The van der Waals surface area contributed by atoms with Gasteiger partial charge in [0.05, 0.1) is 6.10 Å². The summed E-state index contributed by atoms with van der Waals surface area (Å²) < 4.78 is 13.2. The van der Waals surface area contributed by atoms with Gasteiger partial charge in [-0.25, -0.2) is 4.39 Å². The summed E-state index contributed by atoms with van der Waals surface area (Å²) in [5.41, 5.74) is 1.02. The second kappa shape index (κ2) is 6.81. The molecule has 112 valence electrons. The highest BCUT2D eigenvalue weighted by atomic mass is 19.1. The van der Waals surface area contributed by atoms with Crippen molar-refractivity contribution in [1.82, 2.24) is 5.32 Å². The van der Waals surface area contributed by atoms with Crippen LogP contribution in [0.15, 0.2) is 18.2 Å². The van der Waals surface area contributed by atoms with Gasteiger partial charge in [0.1, 0.15) is 11.9 Å². The fourth-order valence-corrected chi connectivity index (χ4v) is 2.06. The highest BCUT2D eigenvalue weighted by molar-refractivity contribution is 5.73. The second-order valence-corrected chi connectivity index (χ2v) is 5.47. The van der Waals surface area contributed by atoms with E-state index in [0.29, 0.717) is 11.1 Å². The molecule has 5 heteroatoms. The molecule has 0 fully saturated rings. The number of carbonyl (C=O) groups is 1. The van der Waals surface area contributed by atoms with Crippen LogP contribution < -0.4 is 5.32 Å². The number of benzene rings is 1. The van der Waals surface area contributed by atoms with Crippen LogP contribution in [-0.4, -0.2) is 28.3 Å². The van der Waals surface area contributed by atoms with Crippen LogP contribution in [0.1, 0.15) is 38.0 Å². The molecule has 0 amide bonds. The van der Waals surface area contributed by atoms with E-state index in [9.17, 15) is 14.3 Å². The number of aryl methyl sites for hydroxylation is 1. The van der Waals surface area contributed by atoms with Crippen LogP contribution in [0.25, 0.3) is 0 Å². The Kier molecular flexibility index (Phi) is 5.65. The first-order chi connectivity index (χ1) is 9.23. The molecule has 3 atom stereocenters. The van der Waals surface area contributed by atoms with Gasteiger partial charge < -0.3 is 10.2 Å². The van der Waals surface area contributed by atoms with Gasteiger partial charge in [-0.1, -0.05) is 26.0 Å². The molecule has 1 aromatic carbocycles. The number of rotatable bonds is 6. The van der Waals surface area contributed by atoms with Gasteiger partial charge in [0, 0.05) is 6.04 Å². The van der Waals surface area contributed by atoms with Gasteiger partial charge in [0.2, 0.25) is 0 Å². The SMILES string of the molecule is Cc1cc(C(O)C(C)NC(C(=O)O)C(C)C)ccc1F. The van der Waals surface area contributed by atoms with Crippen molar-refractivity contribution in [3.63, 3.8) is 0 Å². The van der Waals surface area contributed by atoms with Crippen LogP contribution in [0.5, 0.6) is 0 Å². The Labute approximate surface area is 118 Å². The minimum atomic E-state index is -0.950. The Morgan fingerprint density at radius 3 is 2.35 bits per heavy atom. The summed E-state index contributed by atoms with van der Waals surface area (Å²) in [6.07, 6.45) is -0.894. The number of aliphatic carboxylic acids is 1. The minimum Gasteiger partial charge on any atom is -0.480 e. The van der Waals surface area contributed by atoms with Crippen molar-refractivity contribution in [1.29, 1.82) is 0 Å². The minimum absolute atomic E-state index is 0.0999. The Balaban J connectivity index is 2.82. The maximum Gasteiger partial charge on any atom is 0.320 e. The molecule has 0 aliphatic carbocycles. The number of aliphatic hydroxyl groups excluding tert-OH is 1. The van der Waals surface area contributed by atoms with Crippen molar-refractivity contribution in [2.24, 2.45) is 5.92 Å². The van der Waals surface area contributed by atoms with Gasteiger partial charge in [0.25, 0.3) is 0 Å². The molecular weight excluding hydrogens is 261 g/mol. The predicted molar refractivity (Wildman–Crippen MR) is 75.0 cm³/mol. The molecule has 0 aromatic heterocycles. The Bertz CT molecular complexity index is 476. The number of halogens is 1. The summed E-state index contributed by atoms with van der Waals surface area (Å²) in [5, 5.41) is 22.3. The summed E-state index contributed by atoms with van der Waals surface area (Å²) in [7, 11) is 0. The van der Waals surface area contributed by atoms with E-state index < -0.39 is 24.2 Å². The lowest BCUT2D eigenvalue weighted by Crippen LogP contribution is -2.47. The van der Waals surface area contributed by atoms with E-state index in [4.69, 9.17) is 5.11 Å². The molecule has 0 bridgehead atoms. The maximum absolute atomic E-state index is 13.2. The number of carboxylic acid groups (broad SMARTS) is 1. The third-order valence-electron chi connectivity index (χ3n) is 3.37. The van der Waals surface area contributed by atoms with Crippen molar-refractivity contribution in [3.8, 4) is 0 Å². The predicted octanol–water partition coefficient (Wildman–Crippen LogP) is 2.25. The normalized spacial score (nSPS) is 15.9. The molecule has 0 aliphatic heterocycles. The van der Waals surface area contributed by atoms with E-state index in [0.717, 1.165) is 0 Å². The molecule has 3 unspecified atom stereocenters. The zero-order valence-electron chi connectivity index (χ0n) is 12.2. The molecular formula is C15H22FNO3. The van der Waals surface area contributed by atoms with Gasteiger partial charge >= 0.3 is 5.97 Å². The lowest BCUT2D eigenvalue weighted by atomic mass is 9.98. The standard InChI is InChI=1S/C15H22FNO3/c1-8(2)13(15(19)20)17-10(4)14(18)11-5-6-12(16)9(3)7-11/h5-8,10,13-14,17-18H,1-4H3,(H,19,20). The molecule has 4 nitrogen and oxygen atoms in total. The molecule has 1 rings (SSSR count). The van der Waals surface area contributed by atoms with Crippen molar-refractivity contribution in [3.05, 3.63) is 35.1 Å². The number of hydrogen-bond acceptors (Lipinski definition) is 3. The zero-order chi connectivity index (χ0) is 15.4. The molecule has 1 aromatic rings. The third-order valence-corrected chi connectivity index (χ3v) is 3.37. The Hall–Kier alpha value is -1.46. The summed E-state index contributed by atoms with van der Waals surface area (Å²) in [5.74, 6) is -1.38. The summed E-state index contributed by atoms with van der Waals surface area (Å²) in [6.45, 7) is 6.93. The lowest BCUT2D eigenvalue weighted by molar-refractivity contribution is -0.141. The molecule has 0 aliphatic rings. The van der Waals surface area contributed by atoms with Gasteiger partial charge in [-0.3, -0.25) is 10.1 Å². The maximum atomic E-state index is 13.2. The highest BCUT2D eigenvalue weighted by Crippen LogP contribution is 2.20. The summed E-state index contributed by atoms with van der Waals surface area (Å²) in [4.78, 5) is 11.1. The van der Waals surface area contributed by atoms with Gasteiger partial charge in [-0.05, 0) is 37.0 Å².